The zero-order valence-corrected chi connectivity index (χ0v) is 12.0. The van der Waals surface area contributed by atoms with Crippen molar-refractivity contribution in [1.29, 1.82) is 0 Å². The predicted molar refractivity (Wildman–Crippen MR) is 75.7 cm³/mol. The van der Waals surface area contributed by atoms with Gasteiger partial charge in [-0.1, -0.05) is 26.8 Å². The number of hydrogen-bond acceptors (Lipinski definition) is 4. The van der Waals surface area contributed by atoms with Gasteiger partial charge >= 0.3 is 5.69 Å². The topological polar surface area (TPSA) is 64.4 Å². The number of nitrogens with zero attached hydrogens (tertiary/aromatic N) is 1. The van der Waals surface area contributed by atoms with Crippen LogP contribution in [0.25, 0.3) is 0 Å². The first-order valence-electron chi connectivity index (χ1n) is 6.54. The second-order valence-corrected chi connectivity index (χ2v) is 4.88. The summed E-state index contributed by atoms with van der Waals surface area (Å²) < 4.78 is 5.09. The molecule has 1 aromatic rings. The molecule has 0 radical (unpaired) electrons. The van der Waals surface area contributed by atoms with Gasteiger partial charge in [-0.05, 0) is 30.5 Å². The first-order chi connectivity index (χ1) is 8.99. The molecule has 106 valence electrons. The van der Waals surface area contributed by atoms with Crippen LogP contribution in [0.15, 0.2) is 18.2 Å². The van der Waals surface area contributed by atoms with Gasteiger partial charge in [0.25, 0.3) is 0 Å². The molecule has 0 fully saturated rings. The van der Waals surface area contributed by atoms with Crippen LogP contribution in [0.1, 0.15) is 26.3 Å². The van der Waals surface area contributed by atoms with Crippen molar-refractivity contribution in [3.8, 4) is 5.75 Å². The lowest BCUT2D eigenvalue weighted by molar-refractivity contribution is -0.385. The van der Waals surface area contributed by atoms with Crippen molar-refractivity contribution >= 4 is 5.69 Å². The Bertz CT molecular complexity index is 433. The lowest BCUT2D eigenvalue weighted by Crippen LogP contribution is -2.35. The Kier molecular flexibility index (Phi) is 5.76. The SMILES string of the molecule is CCNC(Cc1ccc([N+](=O)[O-])c(OC)c1)C(C)C. The molecule has 19 heavy (non-hydrogen) atoms. The van der Waals surface area contributed by atoms with E-state index in [9.17, 15) is 10.1 Å². The number of nitro benzene ring substituents is 1. The third kappa shape index (κ3) is 4.21. The van der Waals surface area contributed by atoms with E-state index in [2.05, 4.69) is 26.1 Å². The summed E-state index contributed by atoms with van der Waals surface area (Å²) in [5, 5.41) is 14.3. The Morgan fingerprint density at radius 2 is 2.11 bits per heavy atom. The van der Waals surface area contributed by atoms with Crippen LogP contribution in [0, 0.1) is 16.0 Å². The minimum absolute atomic E-state index is 0.01000. The predicted octanol–water partition coefficient (Wildman–Crippen LogP) is 2.78. The third-order valence-electron chi connectivity index (χ3n) is 3.17. The normalized spacial score (nSPS) is 12.5. The molecule has 1 N–H and O–H groups in total. The van der Waals surface area contributed by atoms with Crippen LogP contribution in [0.2, 0.25) is 0 Å². The van der Waals surface area contributed by atoms with Gasteiger partial charge in [-0.15, -0.1) is 0 Å². The van der Waals surface area contributed by atoms with Crippen LogP contribution >= 0.6 is 0 Å². The molecule has 1 unspecified atom stereocenters. The number of ether oxygens (including phenoxy) is 1. The van der Waals surface area contributed by atoms with Gasteiger partial charge in [-0.2, -0.15) is 0 Å². The summed E-state index contributed by atoms with van der Waals surface area (Å²) in [4.78, 5) is 10.4. The lowest BCUT2D eigenvalue weighted by Gasteiger charge is -2.22. The summed E-state index contributed by atoms with van der Waals surface area (Å²) in [6.45, 7) is 7.31. The maximum Gasteiger partial charge on any atom is 0.310 e. The van der Waals surface area contributed by atoms with Gasteiger partial charge in [0, 0.05) is 12.1 Å². The molecule has 0 saturated heterocycles. The summed E-state index contributed by atoms with van der Waals surface area (Å²) in [7, 11) is 1.45. The number of benzene rings is 1. The van der Waals surface area contributed by atoms with Crippen molar-refractivity contribution in [2.24, 2.45) is 5.92 Å². The van der Waals surface area contributed by atoms with Gasteiger partial charge in [-0.25, -0.2) is 0 Å². The first kappa shape index (κ1) is 15.4. The zero-order valence-electron chi connectivity index (χ0n) is 12.0. The fraction of sp³-hybridized carbons (Fsp3) is 0.571. The van der Waals surface area contributed by atoms with E-state index < -0.39 is 4.92 Å². The van der Waals surface area contributed by atoms with Gasteiger partial charge in [0.2, 0.25) is 0 Å². The Morgan fingerprint density at radius 1 is 1.42 bits per heavy atom. The summed E-state index contributed by atoms with van der Waals surface area (Å²) in [6, 6.07) is 5.42. The largest absolute Gasteiger partial charge is 0.490 e. The van der Waals surface area contributed by atoms with Crippen LogP contribution in [0.4, 0.5) is 5.69 Å². The highest BCUT2D eigenvalue weighted by Crippen LogP contribution is 2.28. The number of methoxy groups -OCH3 is 1. The fourth-order valence-corrected chi connectivity index (χ4v) is 2.06. The van der Waals surface area contributed by atoms with E-state index in [4.69, 9.17) is 4.74 Å². The van der Waals surface area contributed by atoms with Crippen LogP contribution in [0.3, 0.4) is 0 Å². The van der Waals surface area contributed by atoms with Crippen LogP contribution < -0.4 is 10.1 Å². The van der Waals surface area contributed by atoms with Crippen molar-refractivity contribution in [3.05, 3.63) is 33.9 Å². The molecular weight excluding hydrogens is 244 g/mol. The summed E-state index contributed by atoms with van der Waals surface area (Å²) in [5.41, 5.74) is 1.05. The number of likely N-dealkylation sites (N-methyl/N-ethyl adjacent to an activating group) is 1. The molecule has 5 heteroatoms. The molecule has 1 aromatic carbocycles. The molecule has 0 aliphatic carbocycles. The van der Waals surface area contributed by atoms with Gasteiger partial charge in [0.1, 0.15) is 0 Å². The molecule has 0 saturated carbocycles. The molecule has 0 spiro atoms. The Balaban J connectivity index is 2.92. The molecular formula is C14H22N2O3. The highest BCUT2D eigenvalue weighted by atomic mass is 16.6. The van der Waals surface area contributed by atoms with E-state index in [1.165, 1.54) is 13.2 Å². The van der Waals surface area contributed by atoms with Crippen LogP contribution in [-0.4, -0.2) is 24.6 Å². The van der Waals surface area contributed by atoms with E-state index >= 15 is 0 Å². The molecule has 1 rings (SSSR count). The molecule has 5 nitrogen and oxygen atoms in total. The smallest absolute Gasteiger partial charge is 0.310 e. The minimum atomic E-state index is -0.424. The Morgan fingerprint density at radius 3 is 2.58 bits per heavy atom. The van der Waals surface area contributed by atoms with E-state index in [1.807, 2.05) is 0 Å². The average molecular weight is 266 g/mol. The fourth-order valence-electron chi connectivity index (χ4n) is 2.06. The van der Waals surface area contributed by atoms with E-state index in [0.717, 1.165) is 18.5 Å². The molecule has 0 bridgehead atoms. The molecule has 0 heterocycles. The van der Waals surface area contributed by atoms with Gasteiger partial charge < -0.3 is 10.1 Å². The third-order valence-corrected chi connectivity index (χ3v) is 3.17. The summed E-state index contributed by atoms with van der Waals surface area (Å²) in [5.74, 6) is 0.822. The number of hydrogen-bond donors (Lipinski definition) is 1. The van der Waals surface area contributed by atoms with Gasteiger partial charge in [0.05, 0.1) is 12.0 Å². The lowest BCUT2D eigenvalue weighted by atomic mass is 9.96. The molecule has 0 aliphatic rings. The van der Waals surface area contributed by atoms with E-state index in [0.29, 0.717) is 17.7 Å². The van der Waals surface area contributed by atoms with E-state index in [1.54, 1.807) is 12.1 Å². The van der Waals surface area contributed by atoms with Crippen LogP contribution in [0.5, 0.6) is 5.75 Å². The molecule has 0 aromatic heterocycles. The Labute approximate surface area is 114 Å². The van der Waals surface area contributed by atoms with Gasteiger partial charge in [0.15, 0.2) is 5.75 Å². The van der Waals surface area contributed by atoms with Gasteiger partial charge in [-0.3, -0.25) is 10.1 Å². The monoisotopic (exact) mass is 266 g/mol. The van der Waals surface area contributed by atoms with Crippen LogP contribution in [-0.2, 0) is 6.42 Å². The number of rotatable bonds is 7. The quantitative estimate of drug-likeness (QED) is 0.609. The van der Waals surface area contributed by atoms with Crippen molar-refractivity contribution < 1.29 is 9.66 Å². The zero-order chi connectivity index (χ0) is 14.4. The highest BCUT2D eigenvalue weighted by Gasteiger charge is 2.17. The van der Waals surface area contributed by atoms with Crippen molar-refractivity contribution in [2.45, 2.75) is 33.2 Å². The van der Waals surface area contributed by atoms with Crippen molar-refractivity contribution in [1.82, 2.24) is 5.32 Å². The van der Waals surface area contributed by atoms with Crippen molar-refractivity contribution in [3.63, 3.8) is 0 Å². The first-order valence-corrected chi connectivity index (χ1v) is 6.54. The standard InChI is InChI=1S/C14H22N2O3/c1-5-15-12(10(2)3)8-11-6-7-13(16(17)18)14(9-11)19-4/h6-7,9-10,12,15H,5,8H2,1-4H3. The average Bonchev–Trinajstić information content (AvgIpc) is 2.37. The highest BCUT2D eigenvalue weighted by molar-refractivity contribution is 5.48. The maximum atomic E-state index is 10.8. The summed E-state index contributed by atoms with van der Waals surface area (Å²) in [6.07, 6.45) is 0.833. The molecule has 1 atom stereocenters. The molecule has 0 amide bonds. The summed E-state index contributed by atoms with van der Waals surface area (Å²) >= 11 is 0. The second kappa shape index (κ2) is 7.09. The number of nitrogens with one attached hydrogen (secondary N) is 1. The van der Waals surface area contributed by atoms with Crippen molar-refractivity contribution in [2.75, 3.05) is 13.7 Å². The molecule has 0 aliphatic heterocycles. The number of nitro groups is 1. The van der Waals surface area contributed by atoms with E-state index in [-0.39, 0.29) is 5.69 Å². The minimum Gasteiger partial charge on any atom is -0.490 e. The maximum absolute atomic E-state index is 10.8. The Hall–Kier alpha value is -1.62. The second-order valence-electron chi connectivity index (χ2n) is 4.88.